The molecular weight excluding hydrogens is 547 g/mol. The summed E-state index contributed by atoms with van der Waals surface area (Å²) >= 11 is 5.78. The zero-order valence-electron chi connectivity index (χ0n) is 20.6. The Morgan fingerprint density at radius 2 is 1.79 bits per heavy atom. The number of anilines is 1. The van der Waals surface area contributed by atoms with E-state index < -0.39 is 39.9 Å². The maximum absolute atomic E-state index is 13.5. The Bertz CT molecular complexity index is 1660. The van der Waals surface area contributed by atoms with Crippen molar-refractivity contribution in [3.63, 3.8) is 0 Å². The van der Waals surface area contributed by atoms with Crippen molar-refractivity contribution in [2.24, 2.45) is 0 Å². The van der Waals surface area contributed by atoms with Gasteiger partial charge in [-0.2, -0.15) is 22.5 Å². The van der Waals surface area contributed by atoms with Gasteiger partial charge in [0, 0.05) is 18.1 Å². The van der Waals surface area contributed by atoms with Crippen LogP contribution in [0.5, 0.6) is 0 Å². The van der Waals surface area contributed by atoms with Crippen molar-refractivity contribution in [1.82, 2.24) is 24.1 Å². The van der Waals surface area contributed by atoms with Gasteiger partial charge in [-0.15, -0.1) is 0 Å². The van der Waals surface area contributed by atoms with E-state index in [0.717, 1.165) is 27.0 Å². The monoisotopic (exact) mass is 570 g/mol. The Balaban J connectivity index is 1.32. The first-order valence-electron chi connectivity index (χ1n) is 11.9. The molecule has 13 heteroatoms. The molecule has 2 atom stereocenters. The maximum atomic E-state index is 13.5. The van der Waals surface area contributed by atoms with Crippen molar-refractivity contribution >= 4 is 50.2 Å². The molecule has 1 aromatic heterocycles. The predicted octanol–water partition coefficient (Wildman–Crippen LogP) is 2.98. The molecule has 0 spiro atoms. The van der Waals surface area contributed by atoms with Crippen LogP contribution in [0.25, 0.3) is 16.6 Å². The van der Waals surface area contributed by atoms with E-state index in [9.17, 15) is 22.4 Å². The van der Waals surface area contributed by atoms with E-state index in [2.05, 4.69) is 20.5 Å². The molecule has 1 fully saturated rings. The van der Waals surface area contributed by atoms with E-state index in [4.69, 9.17) is 11.6 Å². The Morgan fingerprint density at radius 1 is 1.08 bits per heavy atom. The largest absolute Gasteiger partial charge is 0.349 e. The summed E-state index contributed by atoms with van der Waals surface area (Å²) < 4.78 is 43.9. The van der Waals surface area contributed by atoms with E-state index >= 15 is 0 Å². The lowest BCUT2D eigenvalue weighted by atomic mass is 10.1. The van der Waals surface area contributed by atoms with Gasteiger partial charge in [0.1, 0.15) is 17.9 Å². The minimum Gasteiger partial charge on any atom is -0.349 e. The minimum atomic E-state index is -4.15. The number of rotatable bonds is 6. The van der Waals surface area contributed by atoms with Crippen molar-refractivity contribution < 1.29 is 22.4 Å². The quantitative estimate of drug-likeness (QED) is 0.329. The second kappa shape index (κ2) is 10.7. The molecule has 1 aliphatic rings. The fourth-order valence-electron chi connectivity index (χ4n) is 4.40. The summed E-state index contributed by atoms with van der Waals surface area (Å²) in [5.74, 6) is -1.95. The number of nitrogens with zero attached hydrogens (tertiary/aromatic N) is 3. The molecule has 3 N–H and O–H groups in total. The molecule has 2 amide bonds. The number of halogens is 2. The lowest BCUT2D eigenvalue weighted by Gasteiger charge is -2.35. The van der Waals surface area contributed by atoms with Gasteiger partial charge in [-0.1, -0.05) is 48.0 Å². The number of para-hydroxylation sites is 2. The summed E-state index contributed by atoms with van der Waals surface area (Å²) in [6.07, 6.45) is -0.137. The third-order valence-electron chi connectivity index (χ3n) is 6.47. The van der Waals surface area contributed by atoms with E-state index in [1.54, 1.807) is 4.68 Å². The molecule has 0 saturated carbocycles. The van der Waals surface area contributed by atoms with Crippen molar-refractivity contribution in [3.8, 4) is 5.69 Å². The molecule has 202 valence electrons. The number of hydrogen-bond donors (Lipinski definition) is 3. The second-order valence-corrected chi connectivity index (χ2v) is 11.2. The molecule has 4 aromatic rings. The van der Waals surface area contributed by atoms with Crippen molar-refractivity contribution in [2.45, 2.75) is 25.0 Å². The normalized spacial score (nSPS) is 19.1. The first-order chi connectivity index (χ1) is 18.6. The van der Waals surface area contributed by atoms with Crippen molar-refractivity contribution in [2.75, 3.05) is 12.4 Å². The van der Waals surface area contributed by atoms with Crippen LogP contribution < -0.4 is 15.4 Å². The molecular formula is C26H24ClFN6O4S. The van der Waals surface area contributed by atoms with Crippen LogP contribution in [-0.4, -0.2) is 53.4 Å². The predicted molar refractivity (Wildman–Crippen MR) is 145 cm³/mol. The molecule has 0 aliphatic carbocycles. The first-order valence-corrected chi connectivity index (χ1v) is 13.8. The molecule has 1 aliphatic heterocycles. The Morgan fingerprint density at radius 3 is 2.54 bits per heavy atom. The van der Waals surface area contributed by atoms with E-state index in [1.807, 2.05) is 54.6 Å². The number of fused-ring (bicyclic) bond motifs is 1. The highest BCUT2D eigenvalue weighted by atomic mass is 35.5. The molecule has 1 saturated heterocycles. The first kappa shape index (κ1) is 26.8. The third kappa shape index (κ3) is 5.50. The van der Waals surface area contributed by atoms with Gasteiger partial charge in [-0.05, 0) is 42.8 Å². The van der Waals surface area contributed by atoms with Gasteiger partial charge in [-0.3, -0.25) is 9.59 Å². The van der Waals surface area contributed by atoms with Crippen LogP contribution in [0.2, 0.25) is 5.02 Å². The number of carbonyl (C=O) groups is 2. The molecule has 2 heterocycles. The Labute approximate surface area is 228 Å². The third-order valence-corrected chi connectivity index (χ3v) is 8.35. The fraction of sp³-hybridized carbons (Fsp3) is 0.192. The van der Waals surface area contributed by atoms with Crippen LogP contribution >= 0.6 is 11.6 Å². The van der Waals surface area contributed by atoms with Crippen LogP contribution in [0.15, 0.2) is 72.8 Å². The van der Waals surface area contributed by atoms with E-state index in [1.165, 1.54) is 19.2 Å². The molecule has 10 nitrogen and oxygen atoms in total. The highest BCUT2D eigenvalue weighted by Gasteiger charge is 2.42. The molecule has 39 heavy (non-hydrogen) atoms. The summed E-state index contributed by atoms with van der Waals surface area (Å²) in [5.41, 5.74) is 2.50. The highest BCUT2D eigenvalue weighted by Crippen LogP contribution is 2.24. The summed E-state index contributed by atoms with van der Waals surface area (Å²) in [4.78, 5) is 26.1. The zero-order chi connectivity index (χ0) is 27.7. The molecule has 2 unspecified atom stereocenters. The van der Waals surface area contributed by atoms with Crippen LogP contribution in [0.4, 0.5) is 10.1 Å². The van der Waals surface area contributed by atoms with Gasteiger partial charge in [0.25, 0.3) is 10.2 Å². The van der Waals surface area contributed by atoms with Crippen molar-refractivity contribution in [3.05, 3.63) is 89.3 Å². The topological polar surface area (TPSA) is 125 Å². The van der Waals surface area contributed by atoms with Crippen LogP contribution in [-0.2, 0) is 26.3 Å². The summed E-state index contributed by atoms with van der Waals surface area (Å²) in [7, 11) is -2.91. The molecule has 0 bridgehead atoms. The average Bonchev–Trinajstić information content (AvgIpc) is 3.30. The molecule has 0 radical (unpaired) electrons. The Hall–Kier alpha value is -3.84. The number of nitrogens with one attached hydrogen (secondary N) is 3. The van der Waals surface area contributed by atoms with Gasteiger partial charge < -0.3 is 10.6 Å². The van der Waals surface area contributed by atoms with Crippen LogP contribution in [0.1, 0.15) is 12.1 Å². The standard InChI is InChI=1S/C26H24ClFN6O4S/c1-33-24(26(36)30-16-11-12-20(28)19(27)13-16)14-21(32-39(33,37)38)25(35)29-15-22-18-9-5-6-10-23(18)34(31-22)17-7-3-2-4-8-17/h2-13,21,24,32H,14-15H2,1H3,(H,29,35)(H,30,36). The zero-order valence-corrected chi connectivity index (χ0v) is 22.2. The lowest BCUT2D eigenvalue weighted by Crippen LogP contribution is -2.62. The smallest absolute Gasteiger partial charge is 0.280 e. The average molecular weight is 571 g/mol. The SMILES string of the molecule is CN1C(C(=O)Nc2ccc(F)c(Cl)c2)CC(C(=O)NCc2nn(-c3ccccc3)c3ccccc23)NS1(=O)=O. The summed E-state index contributed by atoms with van der Waals surface area (Å²) in [6, 6.07) is 18.3. The second-order valence-electron chi connectivity index (χ2n) is 8.99. The number of likely N-dealkylation sites (N-methyl/N-ethyl adjacent to an activating group) is 1. The van der Waals surface area contributed by atoms with Gasteiger partial charge >= 0.3 is 0 Å². The Kier molecular flexibility index (Phi) is 7.36. The number of benzene rings is 3. The molecule has 3 aromatic carbocycles. The van der Waals surface area contributed by atoms with Crippen molar-refractivity contribution in [1.29, 1.82) is 0 Å². The van der Waals surface area contributed by atoms with Gasteiger partial charge in [0.15, 0.2) is 0 Å². The lowest BCUT2D eigenvalue weighted by molar-refractivity contribution is -0.124. The number of amides is 2. The number of aromatic nitrogens is 2. The number of carbonyl (C=O) groups excluding carboxylic acids is 2. The summed E-state index contributed by atoms with van der Waals surface area (Å²) in [5, 5.41) is 10.6. The van der Waals surface area contributed by atoms with E-state index in [-0.39, 0.29) is 23.7 Å². The van der Waals surface area contributed by atoms with Gasteiger partial charge in [0.05, 0.1) is 28.5 Å². The van der Waals surface area contributed by atoms with E-state index in [0.29, 0.717) is 5.69 Å². The number of hydrogen-bond acceptors (Lipinski definition) is 5. The van der Waals surface area contributed by atoms with Gasteiger partial charge in [-0.25, -0.2) is 9.07 Å². The fourth-order valence-corrected chi connectivity index (χ4v) is 5.83. The molecule has 5 rings (SSSR count). The van der Waals surface area contributed by atoms with Gasteiger partial charge in [0.2, 0.25) is 11.8 Å². The summed E-state index contributed by atoms with van der Waals surface area (Å²) in [6.45, 7) is 0.0399. The maximum Gasteiger partial charge on any atom is 0.280 e. The van der Waals surface area contributed by atoms with Crippen LogP contribution in [0, 0.1) is 5.82 Å². The highest BCUT2D eigenvalue weighted by molar-refractivity contribution is 7.87. The minimum absolute atomic E-state index is 0.0399. The van der Waals surface area contributed by atoms with Crippen LogP contribution in [0.3, 0.4) is 0 Å².